The average Bonchev–Trinajstić information content (AvgIpc) is 2.65. The highest BCUT2D eigenvalue weighted by molar-refractivity contribution is 7.18. The van der Waals surface area contributed by atoms with Crippen LogP contribution in [0.4, 0.5) is 5.82 Å². The lowest BCUT2D eigenvalue weighted by Gasteiger charge is -2.16. The summed E-state index contributed by atoms with van der Waals surface area (Å²) in [5, 5.41) is 4.77. The molecule has 0 bridgehead atoms. The Morgan fingerprint density at radius 3 is 2.60 bits per heavy atom. The Labute approximate surface area is 125 Å². The smallest absolute Gasteiger partial charge is 0.138 e. The van der Waals surface area contributed by atoms with Crippen molar-refractivity contribution in [1.82, 2.24) is 9.97 Å². The molecule has 1 atom stereocenters. The Hall–Kier alpha value is -1.16. The van der Waals surface area contributed by atoms with Crippen LogP contribution in [0.15, 0.2) is 6.33 Å². The van der Waals surface area contributed by atoms with Gasteiger partial charge in [0.2, 0.25) is 0 Å². The second-order valence-electron chi connectivity index (χ2n) is 6.06. The number of fused-ring (bicyclic) bond motifs is 1. The van der Waals surface area contributed by atoms with Crippen molar-refractivity contribution in [2.75, 3.05) is 5.32 Å². The van der Waals surface area contributed by atoms with Crippen LogP contribution in [-0.4, -0.2) is 16.0 Å². The minimum absolute atomic E-state index is 0.450. The second kappa shape index (κ2) is 6.53. The Morgan fingerprint density at radius 1 is 1.15 bits per heavy atom. The molecule has 3 nitrogen and oxygen atoms in total. The first-order valence-electron chi connectivity index (χ1n) is 7.46. The summed E-state index contributed by atoms with van der Waals surface area (Å²) in [4.78, 5) is 11.3. The maximum atomic E-state index is 4.45. The van der Waals surface area contributed by atoms with Gasteiger partial charge in [-0.15, -0.1) is 11.3 Å². The van der Waals surface area contributed by atoms with Gasteiger partial charge in [0.25, 0.3) is 0 Å². The summed E-state index contributed by atoms with van der Waals surface area (Å²) in [5.41, 5.74) is 1.31. The number of anilines is 1. The SMILES string of the molecule is Cc1sc2ncnc(NC(C)CCCC(C)C)c2c1C. The molecule has 0 spiro atoms. The van der Waals surface area contributed by atoms with Crippen molar-refractivity contribution >= 4 is 27.4 Å². The monoisotopic (exact) mass is 291 g/mol. The van der Waals surface area contributed by atoms with Crippen molar-refractivity contribution in [3.05, 3.63) is 16.8 Å². The van der Waals surface area contributed by atoms with Gasteiger partial charge in [0.1, 0.15) is 17.0 Å². The van der Waals surface area contributed by atoms with Crippen LogP contribution in [0.25, 0.3) is 10.2 Å². The molecule has 0 aliphatic rings. The molecule has 2 heterocycles. The largest absolute Gasteiger partial charge is 0.367 e. The minimum Gasteiger partial charge on any atom is -0.367 e. The number of hydrogen-bond acceptors (Lipinski definition) is 4. The lowest BCUT2D eigenvalue weighted by molar-refractivity contribution is 0.520. The molecule has 0 aliphatic carbocycles. The molecule has 0 saturated heterocycles. The highest BCUT2D eigenvalue weighted by Gasteiger charge is 2.13. The van der Waals surface area contributed by atoms with Gasteiger partial charge in [-0.2, -0.15) is 0 Å². The number of nitrogens with zero attached hydrogens (tertiary/aromatic N) is 2. The topological polar surface area (TPSA) is 37.8 Å². The van der Waals surface area contributed by atoms with Crippen LogP contribution in [0.2, 0.25) is 0 Å². The summed E-state index contributed by atoms with van der Waals surface area (Å²) in [7, 11) is 0. The van der Waals surface area contributed by atoms with E-state index < -0.39 is 0 Å². The van der Waals surface area contributed by atoms with Gasteiger partial charge in [-0.25, -0.2) is 9.97 Å². The van der Waals surface area contributed by atoms with Gasteiger partial charge in [0.05, 0.1) is 5.39 Å². The van der Waals surface area contributed by atoms with Crippen LogP contribution in [0.3, 0.4) is 0 Å². The van der Waals surface area contributed by atoms with Crippen molar-refractivity contribution in [2.45, 2.75) is 59.9 Å². The van der Waals surface area contributed by atoms with Gasteiger partial charge >= 0.3 is 0 Å². The fourth-order valence-electron chi connectivity index (χ4n) is 2.43. The van der Waals surface area contributed by atoms with Crippen LogP contribution in [-0.2, 0) is 0 Å². The first-order chi connectivity index (χ1) is 9.49. The standard InChI is InChI=1S/C16H25N3S/c1-10(2)7-6-8-11(3)19-15-14-12(4)13(5)20-16(14)18-9-17-15/h9-11H,6-8H2,1-5H3,(H,17,18,19). The van der Waals surface area contributed by atoms with E-state index in [1.165, 1.54) is 35.1 Å². The molecule has 20 heavy (non-hydrogen) atoms. The predicted molar refractivity (Wildman–Crippen MR) is 88.7 cm³/mol. The molecule has 1 unspecified atom stereocenters. The van der Waals surface area contributed by atoms with E-state index in [2.05, 4.69) is 49.9 Å². The summed E-state index contributed by atoms with van der Waals surface area (Å²) >= 11 is 1.75. The summed E-state index contributed by atoms with van der Waals surface area (Å²) in [5.74, 6) is 1.78. The van der Waals surface area contributed by atoms with Crippen LogP contribution in [0.1, 0.15) is 50.5 Å². The van der Waals surface area contributed by atoms with E-state index in [1.807, 2.05) is 0 Å². The van der Waals surface area contributed by atoms with E-state index in [-0.39, 0.29) is 0 Å². The molecule has 110 valence electrons. The molecule has 2 aromatic rings. The van der Waals surface area contributed by atoms with Crippen LogP contribution in [0, 0.1) is 19.8 Å². The van der Waals surface area contributed by atoms with E-state index in [1.54, 1.807) is 17.7 Å². The summed E-state index contributed by atoms with van der Waals surface area (Å²) < 4.78 is 0. The number of aryl methyl sites for hydroxylation is 2. The Bertz CT molecular complexity index is 574. The van der Waals surface area contributed by atoms with Gasteiger partial charge in [0.15, 0.2) is 0 Å². The number of rotatable bonds is 6. The molecule has 0 fully saturated rings. The normalized spacial score (nSPS) is 13.1. The van der Waals surface area contributed by atoms with E-state index in [4.69, 9.17) is 0 Å². The van der Waals surface area contributed by atoms with E-state index >= 15 is 0 Å². The zero-order valence-corrected chi connectivity index (χ0v) is 14.0. The molecule has 1 N–H and O–H groups in total. The third-order valence-corrected chi connectivity index (χ3v) is 4.88. The molecule has 2 aromatic heterocycles. The quantitative estimate of drug-likeness (QED) is 0.819. The van der Waals surface area contributed by atoms with E-state index in [0.717, 1.165) is 16.6 Å². The van der Waals surface area contributed by atoms with Crippen LogP contribution >= 0.6 is 11.3 Å². The van der Waals surface area contributed by atoms with Crippen molar-refractivity contribution in [1.29, 1.82) is 0 Å². The number of thiophene rings is 1. The van der Waals surface area contributed by atoms with Crippen LogP contribution < -0.4 is 5.32 Å². The summed E-state index contributed by atoms with van der Waals surface area (Å²) in [6.07, 6.45) is 5.41. The van der Waals surface area contributed by atoms with Crippen molar-refractivity contribution in [3.8, 4) is 0 Å². The lowest BCUT2D eigenvalue weighted by Crippen LogP contribution is -2.16. The fraction of sp³-hybridized carbons (Fsp3) is 0.625. The zero-order valence-electron chi connectivity index (χ0n) is 13.2. The average molecular weight is 291 g/mol. The Morgan fingerprint density at radius 2 is 1.90 bits per heavy atom. The van der Waals surface area contributed by atoms with Gasteiger partial charge in [-0.3, -0.25) is 0 Å². The van der Waals surface area contributed by atoms with Crippen molar-refractivity contribution in [3.63, 3.8) is 0 Å². The Balaban J connectivity index is 2.09. The van der Waals surface area contributed by atoms with E-state index in [0.29, 0.717) is 6.04 Å². The third-order valence-electron chi connectivity index (χ3n) is 3.77. The molecule has 2 rings (SSSR count). The van der Waals surface area contributed by atoms with Crippen molar-refractivity contribution < 1.29 is 0 Å². The van der Waals surface area contributed by atoms with Gasteiger partial charge in [-0.1, -0.05) is 26.7 Å². The molecule has 0 saturated carbocycles. The fourth-order valence-corrected chi connectivity index (χ4v) is 3.43. The van der Waals surface area contributed by atoms with Gasteiger partial charge in [-0.05, 0) is 38.7 Å². The number of nitrogens with one attached hydrogen (secondary N) is 1. The van der Waals surface area contributed by atoms with Gasteiger partial charge < -0.3 is 5.32 Å². The summed E-state index contributed by atoms with van der Waals surface area (Å²) in [6, 6.07) is 0.450. The molecule has 0 aromatic carbocycles. The van der Waals surface area contributed by atoms with Crippen molar-refractivity contribution in [2.24, 2.45) is 5.92 Å². The lowest BCUT2D eigenvalue weighted by atomic mass is 10.0. The molecular formula is C16H25N3S. The summed E-state index contributed by atoms with van der Waals surface area (Å²) in [6.45, 7) is 11.1. The molecule has 0 aliphatic heterocycles. The first-order valence-corrected chi connectivity index (χ1v) is 8.28. The number of aromatic nitrogens is 2. The Kier molecular flexibility index (Phi) is 4.97. The highest BCUT2D eigenvalue weighted by Crippen LogP contribution is 2.32. The molecular weight excluding hydrogens is 266 g/mol. The maximum absolute atomic E-state index is 4.45. The second-order valence-corrected chi connectivity index (χ2v) is 7.26. The van der Waals surface area contributed by atoms with E-state index in [9.17, 15) is 0 Å². The van der Waals surface area contributed by atoms with Crippen LogP contribution in [0.5, 0.6) is 0 Å². The highest BCUT2D eigenvalue weighted by atomic mass is 32.1. The predicted octanol–water partition coefficient (Wildman–Crippen LogP) is 4.93. The molecule has 0 radical (unpaired) electrons. The minimum atomic E-state index is 0.450. The molecule has 4 heteroatoms. The molecule has 0 amide bonds. The first kappa shape index (κ1) is 15.2. The van der Waals surface area contributed by atoms with Gasteiger partial charge in [0, 0.05) is 10.9 Å². The zero-order chi connectivity index (χ0) is 14.7. The maximum Gasteiger partial charge on any atom is 0.138 e. The number of hydrogen-bond donors (Lipinski definition) is 1. The third kappa shape index (κ3) is 3.48.